The quantitative estimate of drug-likeness (QED) is 0.171. The number of anilines is 3. The standard InChI is InChI=1S/C50H40N2/c1-3-16-36(17-4-1)42-25-13-19-37-20-14-26-46(50(37)42)44-24-10-11-27-47(44)51(40-30-29-35-15-7-8-18-38(35)33-40)41-31-32-45-43-23-9-12-28-48(43)52(49(45)34-41)39-21-5-2-6-22-39/h2,5-15,18-34,36H,1,3-4,16-17H2. The third-order valence-electron chi connectivity index (χ3n) is 11.3. The molecule has 0 unspecified atom stereocenters. The number of benzene rings is 8. The SMILES string of the molecule is c1ccc(-n2c3ccccc3c3ccc(N(c4ccc5ccccc5c4)c4ccccc4-c4cccc5cccc(C6CCCCC6)c45)cc32)cc1. The summed E-state index contributed by atoms with van der Waals surface area (Å²) in [4.78, 5) is 2.48. The normalized spacial score (nSPS) is 13.7. The highest BCUT2D eigenvalue weighted by Crippen LogP contribution is 2.47. The molecule has 1 heterocycles. The van der Waals surface area contributed by atoms with Gasteiger partial charge in [-0.2, -0.15) is 0 Å². The van der Waals surface area contributed by atoms with Gasteiger partial charge in [0, 0.05) is 33.4 Å². The molecule has 1 fully saturated rings. The van der Waals surface area contributed by atoms with Gasteiger partial charge in [0.2, 0.25) is 0 Å². The van der Waals surface area contributed by atoms with Crippen molar-refractivity contribution in [2.24, 2.45) is 0 Å². The van der Waals surface area contributed by atoms with Gasteiger partial charge >= 0.3 is 0 Å². The van der Waals surface area contributed by atoms with E-state index in [1.807, 2.05) is 0 Å². The molecule has 10 rings (SSSR count). The molecule has 1 aliphatic rings. The summed E-state index contributed by atoms with van der Waals surface area (Å²) < 4.78 is 2.42. The Morgan fingerprint density at radius 2 is 1.10 bits per heavy atom. The van der Waals surface area contributed by atoms with Gasteiger partial charge in [-0.3, -0.25) is 0 Å². The second kappa shape index (κ2) is 12.9. The molecule has 0 spiro atoms. The van der Waals surface area contributed by atoms with Crippen molar-refractivity contribution in [2.75, 3.05) is 4.90 Å². The van der Waals surface area contributed by atoms with Crippen molar-refractivity contribution in [1.29, 1.82) is 0 Å². The minimum Gasteiger partial charge on any atom is -0.310 e. The molecule has 8 aromatic carbocycles. The number of para-hydroxylation sites is 3. The van der Waals surface area contributed by atoms with Crippen LogP contribution < -0.4 is 4.90 Å². The molecule has 0 bridgehead atoms. The first-order chi connectivity index (χ1) is 25.8. The highest BCUT2D eigenvalue weighted by molar-refractivity contribution is 6.11. The zero-order chi connectivity index (χ0) is 34.4. The Bertz CT molecular complexity index is 2730. The van der Waals surface area contributed by atoms with E-state index in [1.165, 1.54) is 97.8 Å². The lowest BCUT2D eigenvalue weighted by molar-refractivity contribution is 0.445. The Morgan fingerprint density at radius 1 is 0.442 bits per heavy atom. The van der Waals surface area contributed by atoms with Crippen molar-refractivity contribution in [3.8, 4) is 16.8 Å². The van der Waals surface area contributed by atoms with Gasteiger partial charge in [-0.1, -0.05) is 147 Å². The molecule has 0 N–H and O–H groups in total. The zero-order valence-corrected chi connectivity index (χ0v) is 29.3. The summed E-state index contributed by atoms with van der Waals surface area (Å²) in [5, 5.41) is 7.71. The number of hydrogen-bond acceptors (Lipinski definition) is 1. The molecule has 0 amide bonds. The summed E-state index contributed by atoms with van der Waals surface area (Å²) in [7, 11) is 0. The fourth-order valence-corrected chi connectivity index (χ4v) is 8.94. The molecule has 2 heteroatoms. The van der Waals surface area contributed by atoms with Crippen LogP contribution in [0.25, 0.3) is 60.2 Å². The predicted octanol–water partition coefficient (Wildman–Crippen LogP) is 14.3. The van der Waals surface area contributed by atoms with Crippen LogP contribution >= 0.6 is 0 Å². The van der Waals surface area contributed by atoms with E-state index in [-0.39, 0.29) is 0 Å². The maximum absolute atomic E-state index is 2.48. The van der Waals surface area contributed by atoms with Gasteiger partial charge in [-0.05, 0) is 100.0 Å². The summed E-state index contributed by atoms with van der Waals surface area (Å²) >= 11 is 0. The van der Waals surface area contributed by atoms with Gasteiger partial charge < -0.3 is 9.47 Å². The van der Waals surface area contributed by atoms with Crippen LogP contribution in [0.2, 0.25) is 0 Å². The molecule has 52 heavy (non-hydrogen) atoms. The monoisotopic (exact) mass is 668 g/mol. The molecule has 1 saturated carbocycles. The molecule has 0 aliphatic heterocycles. The molecule has 0 atom stereocenters. The maximum atomic E-state index is 2.48. The first kappa shape index (κ1) is 30.7. The lowest BCUT2D eigenvalue weighted by Gasteiger charge is -2.29. The van der Waals surface area contributed by atoms with Crippen LogP contribution in [0.4, 0.5) is 17.1 Å². The van der Waals surface area contributed by atoms with E-state index in [1.54, 1.807) is 0 Å². The Kier molecular flexibility index (Phi) is 7.61. The minimum atomic E-state index is 0.602. The van der Waals surface area contributed by atoms with Gasteiger partial charge in [0.25, 0.3) is 0 Å². The van der Waals surface area contributed by atoms with Crippen LogP contribution in [0.15, 0.2) is 176 Å². The van der Waals surface area contributed by atoms with E-state index in [2.05, 4.69) is 185 Å². The second-order valence-corrected chi connectivity index (χ2v) is 14.4. The zero-order valence-electron chi connectivity index (χ0n) is 29.3. The molecular weight excluding hydrogens is 629 g/mol. The molecule has 1 aliphatic carbocycles. The number of aromatic nitrogens is 1. The number of fused-ring (bicyclic) bond motifs is 5. The molecule has 250 valence electrons. The second-order valence-electron chi connectivity index (χ2n) is 14.4. The molecule has 0 saturated heterocycles. The molecule has 2 nitrogen and oxygen atoms in total. The predicted molar refractivity (Wildman–Crippen MR) is 222 cm³/mol. The van der Waals surface area contributed by atoms with Gasteiger partial charge in [-0.15, -0.1) is 0 Å². The van der Waals surface area contributed by atoms with Crippen molar-refractivity contribution in [2.45, 2.75) is 38.0 Å². The van der Waals surface area contributed by atoms with Crippen LogP contribution in [0.1, 0.15) is 43.6 Å². The maximum Gasteiger partial charge on any atom is 0.0561 e. The Labute approximate surface area is 305 Å². The van der Waals surface area contributed by atoms with Crippen LogP contribution in [0.3, 0.4) is 0 Å². The minimum absolute atomic E-state index is 0.602. The number of rotatable bonds is 6. The van der Waals surface area contributed by atoms with Crippen molar-refractivity contribution in [3.63, 3.8) is 0 Å². The van der Waals surface area contributed by atoms with Crippen LogP contribution in [-0.4, -0.2) is 4.57 Å². The lowest BCUT2D eigenvalue weighted by atomic mass is 9.80. The molecular formula is C50H40N2. The average molecular weight is 669 g/mol. The van der Waals surface area contributed by atoms with Crippen LogP contribution in [0, 0.1) is 0 Å². The van der Waals surface area contributed by atoms with Crippen molar-refractivity contribution >= 4 is 60.4 Å². The average Bonchev–Trinajstić information content (AvgIpc) is 3.55. The van der Waals surface area contributed by atoms with Crippen molar-refractivity contribution in [3.05, 3.63) is 181 Å². The van der Waals surface area contributed by atoms with Gasteiger partial charge in [-0.25, -0.2) is 0 Å². The van der Waals surface area contributed by atoms with Crippen molar-refractivity contribution < 1.29 is 0 Å². The third kappa shape index (κ3) is 5.17. The van der Waals surface area contributed by atoms with E-state index in [0.29, 0.717) is 5.92 Å². The Balaban J connectivity index is 1.24. The highest BCUT2D eigenvalue weighted by Gasteiger charge is 2.23. The first-order valence-corrected chi connectivity index (χ1v) is 18.8. The summed E-state index contributed by atoms with van der Waals surface area (Å²) in [6.07, 6.45) is 6.53. The van der Waals surface area contributed by atoms with E-state index in [0.717, 1.165) is 17.1 Å². The Hall–Kier alpha value is -6.12. The first-order valence-electron chi connectivity index (χ1n) is 18.8. The van der Waals surface area contributed by atoms with E-state index in [9.17, 15) is 0 Å². The van der Waals surface area contributed by atoms with E-state index < -0.39 is 0 Å². The van der Waals surface area contributed by atoms with Crippen LogP contribution in [-0.2, 0) is 0 Å². The highest BCUT2D eigenvalue weighted by atomic mass is 15.1. The van der Waals surface area contributed by atoms with E-state index in [4.69, 9.17) is 0 Å². The van der Waals surface area contributed by atoms with Gasteiger partial charge in [0.15, 0.2) is 0 Å². The lowest BCUT2D eigenvalue weighted by Crippen LogP contribution is -2.12. The van der Waals surface area contributed by atoms with Gasteiger partial charge in [0.05, 0.1) is 16.7 Å². The number of hydrogen-bond donors (Lipinski definition) is 0. The smallest absolute Gasteiger partial charge is 0.0561 e. The molecule has 1 aromatic heterocycles. The summed E-state index contributed by atoms with van der Waals surface area (Å²) in [5.41, 5.74) is 11.1. The third-order valence-corrected chi connectivity index (χ3v) is 11.3. The molecule has 9 aromatic rings. The Morgan fingerprint density at radius 3 is 1.98 bits per heavy atom. The summed E-state index contributed by atoms with van der Waals surface area (Å²) in [5.74, 6) is 0.602. The van der Waals surface area contributed by atoms with Crippen LogP contribution in [0.5, 0.6) is 0 Å². The topological polar surface area (TPSA) is 8.17 Å². The van der Waals surface area contributed by atoms with E-state index >= 15 is 0 Å². The largest absolute Gasteiger partial charge is 0.310 e. The fraction of sp³-hybridized carbons (Fsp3) is 0.120. The fourth-order valence-electron chi connectivity index (χ4n) is 8.94. The van der Waals surface area contributed by atoms with Gasteiger partial charge in [0.1, 0.15) is 0 Å². The van der Waals surface area contributed by atoms with Crippen molar-refractivity contribution in [1.82, 2.24) is 4.57 Å². The summed E-state index contributed by atoms with van der Waals surface area (Å²) in [6, 6.07) is 65.0. The number of nitrogens with zero attached hydrogens (tertiary/aromatic N) is 2. The molecule has 0 radical (unpaired) electrons. The summed E-state index contributed by atoms with van der Waals surface area (Å²) in [6.45, 7) is 0.